The number of carbonyl (C=O) groups excluding carboxylic acids is 4. The number of rotatable bonds is 6. The van der Waals surface area contributed by atoms with E-state index in [9.17, 15) is 19.2 Å². The van der Waals surface area contributed by atoms with Crippen LogP contribution in [0.3, 0.4) is 0 Å². The monoisotopic (exact) mass is 398 g/mol. The van der Waals surface area contributed by atoms with E-state index in [2.05, 4.69) is 5.32 Å². The maximum Gasteiger partial charge on any atom is 0.336 e. The fraction of sp³-hybridized carbons (Fsp3) is 0.333. The van der Waals surface area contributed by atoms with Crippen LogP contribution in [0.15, 0.2) is 46.8 Å². The Balaban J connectivity index is 1.92. The molecule has 2 aliphatic heterocycles. The zero-order chi connectivity index (χ0) is 21.1. The minimum absolute atomic E-state index is 0.00496. The maximum atomic E-state index is 12.7. The minimum atomic E-state index is -0.610. The summed E-state index contributed by atoms with van der Waals surface area (Å²) in [6, 6.07) is 6.56. The highest BCUT2D eigenvalue weighted by Gasteiger charge is 2.37. The number of dihydropyridines is 1. The summed E-state index contributed by atoms with van der Waals surface area (Å²) >= 11 is 0. The Morgan fingerprint density at radius 2 is 1.48 bits per heavy atom. The molecule has 3 rings (SSSR count). The number of nitrogens with one attached hydrogen (secondary N) is 1. The summed E-state index contributed by atoms with van der Waals surface area (Å²) < 4.78 is 10.2. The van der Waals surface area contributed by atoms with Gasteiger partial charge in [0.1, 0.15) is 0 Å². The average Bonchev–Trinajstić information content (AvgIpc) is 2.93. The lowest BCUT2D eigenvalue weighted by atomic mass is 9.97. The van der Waals surface area contributed by atoms with Crippen molar-refractivity contribution in [1.82, 2.24) is 10.2 Å². The first-order chi connectivity index (χ1) is 13.9. The SMILES string of the molecule is CCOC(=O)C1=C(C)NC(CN2C(=O)c3ccccc3C2=O)=C(C(=O)OCC)C1. The number of nitrogens with zero attached hydrogens (tertiary/aromatic N) is 1. The number of ether oxygens (including phenoxy) is 2. The Kier molecular flexibility index (Phi) is 5.81. The first kappa shape index (κ1) is 20.3. The Bertz CT molecular complexity index is 925. The van der Waals surface area contributed by atoms with Crippen molar-refractivity contribution in [2.24, 2.45) is 0 Å². The van der Waals surface area contributed by atoms with Crippen LogP contribution in [0.1, 0.15) is 47.9 Å². The van der Waals surface area contributed by atoms with Crippen molar-refractivity contribution in [2.75, 3.05) is 19.8 Å². The van der Waals surface area contributed by atoms with Gasteiger partial charge in [0.15, 0.2) is 0 Å². The fourth-order valence-electron chi connectivity index (χ4n) is 3.33. The zero-order valence-electron chi connectivity index (χ0n) is 16.5. The molecule has 2 aliphatic rings. The molecule has 2 amide bonds. The molecule has 8 heteroatoms. The molecule has 0 spiro atoms. The largest absolute Gasteiger partial charge is 0.463 e. The van der Waals surface area contributed by atoms with Gasteiger partial charge in [0, 0.05) is 17.8 Å². The van der Waals surface area contributed by atoms with E-state index in [1.165, 1.54) is 0 Å². The van der Waals surface area contributed by atoms with Gasteiger partial charge in [-0.1, -0.05) is 12.1 Å². The van der Waals surface area contributed by atoms with Crippen molar-refractivity contribution >= 4 is 23.8 Å². The van der Waals surface area contributed by atoms with E-state index < -0.39 is 23.8 Å². The highest BCUT2D eigenvalue weighted by molar-refractivity contribution is 6.21. The third kappa shape index (κ3) is 3.78. The van der Waals surface area contributed by atoms with Gasteiger partial charge in [-0.2, -0.15) is 0 Å². The molecule has 8 nitrogen and oxygen atoms in total. The number of fused-ring (bicyclic) bond motifs is 1. The molecular weight excluding hydrogens is 376 g/mol. The second kappa shape index (κ2) is 8.30. The molecule has 0 aromatic heterocycles. The van der Waals surface area contributed by atoms with Crippen LogP contribution >= 0.6 is 0 Å². The number of hydrogen-bond donors (Lipinski definition) is 1. The quantitative estimate of drug-likeness (QED) is 0.577. The van der Waals surface area contributed by atoms with Crippen LogP contribution in [0.25, 0.3) is 0 Å². The Morgan fingerprint density at radius 1 is 0.966 bits per heavy atom. The Morgan fingerprint density at radius 3 is 2.00 bits per heavy atom. The van der Waals surface area contributed by atoms with Crippen molar-refractivity contribution in [3.63, 3.8) is 0 Å². The van der Waals surface area contributed by atoms with Crippen molar-refractivity contribution in [1.29, 1.82) is 0 Å². The number of allylic oxidation sites excluding steroid dienone is 1. The van der Waals surface area contributed by atoms with Gasteiger partial charge in [0.2, 0.25) is 0 Å². The summed E-state index contributed by atoms with van der Waals surface area (Å²) in [6.45, 7) is 5.27. The standard InChI is InChI=1S/C21H22N2O6/c1-4-28-20(26)15-10-16(21(27)29-5-2)17(22-12(15)3)11-23-18(24)13-8-6-7-9-14(13)19(23)25/h6-9,22H,4-5,10-11H2,1-3H3. The van der Waals surface area contributed by atoms with Gasteiger partial charge in [0.25, 0.3) is 11.8 Å². The highest BCUT2D eigenvalue weighted by Crippen LogP contribution is 2.28. The molecule has 1 aromatic carbocycles. The second-order valence-electron chi connectivity index (χ2n) is 6.55. The summed E-state index contributed by atoms with van der Waals surface area (Å²) in [4.78, 5) is 51.2. The number of esters is 2. The molecule has 0 saturated heterocycles. The molecule has 0 atom stereocenters. The lowest BCUT2D eigenvalue weighted by Gasteiger charge is -2.26. The van der Waals surface area contributed by atoms with E-state index in [4.69, 9.17) is 9.47 Å². The topological polar surface area (TPSA) is 102 Å². The lowest BCUT2D eigenvalue weighted by Crippen LogP contribution is -2.38. The Hall–Kier alpha value is -3.42. The predicted molar refractivity (Wildman–Crippen MR) is 103 cm³/mol. The third-order valence-electron chi connectivity index (χ3n) is 4.75. The summed E-state index contributed by atoms with van der Waals surface area (Å²) in [5, 5.41) is 3.00. The van der Waals surface area contributed by atoms with Crippen LogP contribution in [0, 0.1) is 0 Å². The predicted octanol–water partition coefficient (Wildman–Crippen LogP) is 1.93. The fourth-order valence-corrected chi connectivity index (χ4v) is 3.33. The Labute approximate surface area is 168 Å². The maximum absolute atomic E-state index is 12.7. The minimum Gasteiger partial charge on any atom is -0.463 e. The molecule has 152 valence electrons. The summed E-state index contributed by atoms with van der Waals surface area (Å²) in [7, 11) is 0. The molecule has 0 unspecified atom stereocenters. The van der Waals surface area contributed by atoms with Gasteiger partial charge >= 0.3 is 11.9 Å². The van der Waals surface area contributed by atoms with Crippen LogP contribution in [0.4, 0.5) is 0 Å². The molecule has 0 bridgehead atoms. The van der Waals surface area contributed by atoms with Crippen molar-refractivity contribution < 1.29 is 28.7 Å². The highest BCUT2D eigenvalue weighted by atomic mass is 16.5. The van der Waals surface area contributed by atoms with Crippen LogP contribution in [0.5, 0.6) is 0 Å². The molecule has 2 heterocycles. The smallest absolute Gasteiger partial charge is 0.336 e. The molecule has 1 N–H and O–H groups in total. The van der Waals surface area contributed by atoms with Crippen molar-refractivity contribution in [3.8, 4) is 0 Å². The van der Waals surface area contributed by atoms with E-state index in [0.717, 1.165) is 4.90 Å². The van der Waals surface area contributed by atoms with Gasteiger partial charge < -0.3 is 14.8 Å². The van der Waals surface area contributed by atoms with E-state index in [1.807, 2.05) is 0 Å². The van der Waals surface area contributed by atoms with Crippen LogP contribution < -0.4 is 5.32 Å². The number of imide groups is 1. The van der Waals surface area contributed by atoms with Gasteiger partial charge in [-0.3, -0.25) is 14.5 Å². The van der Waals surface area contributed by atoms with Crippen LogP contribution in [0.2, 0.25) is 0 Å². The third-order valence-corrected chi connectivity index (χ3v) is 4.75. The van der Waals surface area contributed by atoms with Gasteiger partial charge in [-0.05, 0) is 32.9 Å². The first-order valence-corrected chi connectivity index (χ1v) is 9.37. The van der Waals surface area contributed by atoms with E-state index in [-0.39, 0.29) is 31.8 Å². The molecule has 0 aliphatic carbocycles. The summed E-state index contributed by atoms with van der Waals surface area (Å²) in [6.07, 6.45) is -0.00496. The number of amides is 2. The zero-order valence-corrected chi connectivity index (χ0v) is 16.5. The summed E-state index contributed by atoms with van der Waals surface area (Å²) in [5.74, 6) is -2.00. The van der Waals surface area contributed by atoms with E-state index >= 15 is 0 Å². The molecule has 0 radical (unpaired) electrons. The molecule has 1 aromatic rings. The normalized spacial score (nSPS) is 16.0. The molecule has 0 saturated carbocycles. The number of carbonyl (C=O) groups is 4. The number of benzene rings is 1. The van der Waals surface area contributed by atoms with Crippen molar-refractivity contribution in [2.45, 2.75) is 27.2 Å². The second-order valence-corrected chi connectivity index (χ2v) is 6.55. The van der Waals surface area contributed by atoms with Crippen LogP contribution in [-0.4, -0.2) is 48.4 Å². The van der Waals surface area contributed by atoms with E-state index in [0.29, 0.717) is 28.1 Å². The molecular formula is C21H22N2O6. The first-order valence-electron chi connectivity index (χ1n) is 9.37. The summed E-state index contributed by atoms with van der Waals surface area (Å²) in [5.41, 5.74) is 2.00. The van der Waals surface area contributed by atoms with Gasteiger partial charge in [-0.25, -0.2) is 9.59 Å². The number of hydrogen-bond acceptors (Lipinski definition) is 7. The van der Waals surface area contributed by atoms with Gasteiger partial charge in [0.05, 0.1) is 42.0 Å². The van der Waals surface area contributed by atoms with Crippen molar-refractivity contribution in [3.05, 3.63) is 57.9 Å². The van der Waals surface area contributed by atoms with E-state index in [1.54, 1.807) is 45.0 Å². The van der Waals surface area contributed by atoms with Crippen LogP contribution in [-0.2, 0) is 19.1 Å². The molecule has 29 heavy (non-hydrogen) atoms. The molecule has 0 fully saturated rings. The lowest BCUT2D eigenvalue weighted by molar-refractivity contribution is -0.139. The van der Waals surface area contributed by atoms with Gasteiger partial charge in [-0.15, -0.1) is 0 Å². The average molecular weight is 398 g/mol.